The van der Waals surface area contributed by atoms with Crippen molar-refractivity contribution in [2.75, 3.05) is 0 Å². The molecule has 1 heterocycles. The van der Waals surface area contributed by atoms with E-state index < -0.39 is 23.8 Å². The molecule has 156 valence electrons. The van der Waals surface area contributed by atoms with E-state index in [9.17, 15) is 14.0 Å². The molecule has 0 bridgehead atoms. The Morgan fingerprint density at radius 2 is 1.74 bits per heavy atom. The van der Waals surface area contributed by atoms with Crippen molar-refractivity contribution in [1.29, 1.82) is 0 Å². The summed E-state index contributed by atoms with van der Waals surface area (Å²) in [5.74, 6) is -1.31. The number of hydrazine groups is 1. The average molecular weight is 457 g/mol. The lowest BCUT2D eigenvalue weighted by Gasteiger charge is -2.14. The van der Waals surface area contributed by atoms with Gasteiger partial charge in [0.15, 0.2) is 6.04 Å². The highest BCUT2D eigenvalue weighted by Crippen LogP contribution is 2.26. The van der Waals surface area contributed by atoms with Gasteiger partial charge in [0.25, 0.3) is 5.91 Å². The van der Waals surface area contributed by atoms with Crippen LogP contribution in [-0.4, -0.2) is 28.8 Å². The van der Waals surface area contributed by atoms with Gasteiger partial charge in [-0.05, 0) is 42.5 Å². The Hall–Kier alpha value is -3.22. The van der Waals surface area contributed by atoms with Gasteiger partial charge in [0.1, 0.15) is 5.82 Å². The molecule has 0 saturated carbocycles. The van der Waals surface area contributed by atoms with Gasteiger partial charge in [-0.3, -0.25) is 9.59 Å². The van der Waals surface area contributed by atoms with Crippen molar-refractivity contribution in [3.63, 3.8) is 0 Å². The molecule has 0 radical (unpaired) electrons. The first-order valence-corrected chi connectivity index (χ1v) is 10.2. The van der Waals surface area contributed by atoms with E-state index in [1.165, 1.54) is 24.3 Å². The van der Waals surface area contributed by atoms with Crippen LogP contribution >= 0.6 is 23.2 Å². The predicted octanol–water partition coefficient (Wildman–Crippen LogP) is 4.15. The summed E-state index contributed by atoms with van der Waals surface area (Å²) in [7, 11) is 0. The first kappa shape index (κ1) is 21.0. The van der Waals surface area contributed by atoms with Crippen LogP contribution in [0, 0.1) is 5.82 Å². The second-order valence-corrected chi connectivity index (χ2v) is 7.84. The predicted molar refractivity (Wildman–Crippen MR) is 117 cm³/mol. The summed E-state index contributed by atoms with van der Waals surface area (Å²) in [6.45, 7) is 0. The second-order valence-electron chi connectivity index (χ2n) is 6.99. The van der Waals surface area contributed by atoms with Gasteiger partial charge in [-0.25, -0.2) is 4.39 Å². The maximum absolute atomic E-state index is 13.2. The highest BCUT2D eigenvalue weighted by Gasteiger charge is 2.47. The average Bonchev–Trinajstić information content (AvgIpc) is 3.06. The number of hydrazone groups is 1. The van der Waals surface area contributed by atoms with Crippen LogP contribution in [0.4, 0.5) is 4.39 Å². The molecule has 1 aliphatic rings. The molecule has 0 aliphatic carbocycles. The van der Waals surface area contributed by atoms with E-state index in [0.717, 1.165) is 5.56 Å². The van der Waals surface area contributed by atoms with Crippen molar-refractivity contribution in [3.05, 3.63) is 105 Å². The number of rotatable bonds is 4. The summed E-state index contributed by atoms with van der Waals surface area (Å²) >= 11 is 12.3. The van der Waals surface area contributed by atoms with Gasteiger partial charge in [0.2, 0.25) is 12.3 Å². The third-order valence-corrected chi connectivity index (χ3v) is 5.47. The van der Waals surface area contributed by atoms with Crippen LogP contribution in [0.25, 0.3) is 0 Å². The molecule has 3 aromatic rings. The molecule has 0 aromatic heterocycles. The number of nitrogens with one attached hydrogen (secondary N) is 2. The molecule has 2 atom stereocenters. The van der Waals surface area contributed by atoms with E-state index in [1.54, 1.807) is 29.1 Å². The molecular weight excluding hydrogens is 440 g/mol. The SMILES string of the molecule is O=C(N[C@@H]1C(=O)N/[N+](=C\c2ccc(Cl)cc2Cl)[C@@H]1c1ccccc1)c1ccc(F)cc1. The van der Waals surface area contributed by atoms with Gasteiger partial charge in [-0.2, -0.15) is 0 Å². The van der Waals surface area contributed by atoms with Crippen LogP contribution < -0.4 is 10.7 Å². The van der Waals surface area contributed by atoms with Gasteiger partial charge in [0.05, 0.1) is 10.6 Å². The van der Waals surface area contributed by atoms with E-state index in [1.807, 2.05) is 30.3 Å². The fourth-order valence-electron chi connectivity index (χ4n) is 3.41. The molecule has 1 saturated heterocycles. The largest absolute Gasteiger partial charge is 0.334 e. The lowest BCUT2D eigenvalue weighted by Crippen LogP contribution is -2.42. The summed E-state index contributed by atoms with van der Waals surface area (Å²) in [6, 6.07) is 18.1. The molecule has 0 spiro atoms. The molecule has 1 aliphatic heterocycles. The molecule has 2 N–H and O–H groups in total. The molecular formula is C23H17Cl2FN3O2+. The Morgan fingerprint density at radius 3 is 2.42 bits per heavy atom. The number of amides is 2. The number of carbonyl (C=O) groups is 2. The van der Waals surface area contributed by atoms with Crippen molar-refractivity contribution in [1.82, 2.24) is 10.7 Å². The molecule has 1 fully saturated rings. The van der Waals surface area contributed by atoms with Crippen molar-refractivity contribution >= 4 is 41.2 Å². The van der Waals surface area contributed by atoms with E-state index in [2.05, 4.69) is 10.7 Å². The third kappa shape index (κ3) is 4.60. The lowest BCUT2D eigenvalue weighted by atomic mass is 10.00. The zero-order valence-corrected chi connectivity index (χ0v) is 17.6. The maximum Gasteiger partial charge on any atom is 0.304 e. The first-order chi connectivity index (χ1) is 14.9. The number of carbonyl (C=O) groups excluding carboxylic acids is 2. The summed E-state index contributed by atoms with van der Waals surface area (Å²) in [5.41, 5.74) is 4.50. The Labute approximate surface area is 188 Å². The Balaban J connectivity index is 1.70. The van der Waals surface area contributed by atoms with Crippen molar-refractivity contribution in [2.45, 2.75) is 12.1 Å². The summed E-state index contributed by atoms with van der Waals surface area (Å²) < 4.78 is 14.8. The number of nitrogens with zero attached hydrogens (tertiary/aromatic N) is 1. The van der Waals surface area contributed by atoms with E-state index in [4.69, 9.17) is 23.2 Å². The second kappa shape index (κ2) is 8.88. The minimum absolute atomic E-state index is 0.254. The fraction of sp³-hybridized carbons (Fsp3) is 0.0870. The fourth-order valence-corrected chi connectivity index (χ4v) is 3.87. The van der Waals surface area contributed by atoms with E-state index >= 15 is 0 Å². The van der Waals surface area contributed by atoms with Crippen LogP contribution in [0.3, 0.4) is 0 Å². The third-order valence-electron chi connectivity index (χ3n) is 4.91. The van der Waals surface area contributed by atoms with Gasteiger partial charge in [-0.1, -0.05) is 53.5 Å². The zero-order chi connectivity index (χ0) is 22.0. The maximum atomic E-state index is 13.2. The van der Waals surface area contributed by atoms with Gasteiger partial charge in [0, 0.05) is 16.1 Å². The highest BCUT2D eigenvalue weighted by molar-refractivity contribution is 6.36. The highest BCUT2D eigenvalue weighted by atomic mass is 35.5. The van der Waals surface area contributed by atoms with Crippen LogP contribution in [0.15, 0.2) is 72.8 Å². The number of hydrogen-bond acceptors (Lipinski definition) is 2. The van der Waals surface area contributed by atoms with E-state index in [-0.39, 0.29) is 11.5 Å². The standard InChI is InChI=1S/C23H16Cl2FN3O2/c24-17-9-6-16(19(25)12-17)13-29-21(14-4-2-1-3-5-14)20(23(31)28-29)27-22(30)15-7-10-18(26)11-8-15/h1-13,20-21H,(H-,27,28,30,31)/p+1/b29-13-/t20-,21+/m0/s1. The summed E-state index contributed by atoms with van der Waals surface area (Å²) in [6.07, 6.45) is 1.69. The quantitative estimate of drug-likeness (QED) is 0.579. The van der Waals surface area contributed by atoms with Crippen LogP contribution in [0.1, 0.15) is 27.5 Å². The molecule has 5 nitrogen and oxygen atoms in total. The Bertz CT molecular complexity index is 1170. The Morgan fingerprint density at radius 1 is 1.03 bits per heavy atom. The molecule has 8 heteroatoms. The van der Waals surface area contributed by atoms with Crippen molar-refractivity contribution < 1.29 is 18.7 Å². The number of benzene rings is 3. The van der Waals surface area contributed by atoms with Crippen molar-refractivity contribution in [3.8, 4) is 0 Å². The normalized spacial score (nSPS) is 19.3. The molecule has 31 heavy (non-hydrogen) atoms. The topological polar surface area (TPSA) is 61.2 Å². The van der Waals surface area contributed by atoms with Gasteiger partial charge in [-0.15, -0.1) is 10.1 Å². The Kier molecular flexibility index (Phi) is 6.02. The van der Waals surface area contributed by atoms with Crippen LogP contribution in [0.2, 0.25) is 10.0 Å². The summed E-state index contributed by atoms with van der Waals surface area (Å²) in [5, 5.41) is 3.68. The van der Waals surface area contributed by atoms with Crippen molar-refractivity contribution in [2.24, 2.45) is 0 Å². The molecule has 0 unspecified atom stereocenters. The smallest absolute Gasteiger partial charge is 0.304 e. The molecule has 3 aromatic carbocycles. The van der Waals surface area contributed by atoms with Crippen LogP contribution in [-0.2, 0) is 4.79 Å². The minimum atomic E-state index is -0.887. The number of hydrogen-bond donors (Lipinski definition) is 2. The first-order valence-electron chi connectivity index (χ1n) is 9.42. The zero-order valence-electron chi connectivity index (χ0n) is 16.1. The number of halogens is 3. The molecule has 2 amide bonds. The van der Waals surface area contributed by atoms with E-state index in [0.29, 0.717) is 15.6 Å². The van der Waals surface area contributed by atoms with Gasteiger partial charge < -0.3 is 5.32 Å². The minimum Gasteiger partial charge on any atom is -0.334 e. The monoisotopic (exact) mass is 456 g/mol. The summed E-state index contributed by atoms with van der Waals surface area (Å²) in [4.78, 5) is 25.5. The van der Waals surface area contributed by atoms with Crippen LogP contribution in [0.5, 0.6) is 0 Å². The lowest BCUT2D eigenvalue weighted by molar-refractivity contribution is -0.596. The molecule has 4 rings (SSSR count). The van der Waals surface area contributed by atoms with Gasteiger partial charge >= 0.3 is 5.91 Å².